The quantitative estimate of drug-likeness (QED) is 0.113. The third-order valence-corrected chi connectivity index (χ3v) is 10.3. The minimum Gasteiger partial charge on any atom is -0.328 e. The maximum absolute atomic E-state index is 11.6. The average molecular weight is 887 g/mol. The summed E-state index contributed by atoms with van der Waals surface area (Å²) in [6.45, 7) is 11.9. The van der Waals surface area contributed by atoms with E-state index in [0.717, 1.165) is 13.1 Å². The first-order chi connectivity index (χ1) is 20.1. The molecule has 0 atom stereocenters. The molecule has 4 rings (SSSR count). The Morgan fingerprint density at radius 2 is 1.19 bits per heavy atom. The standard InChI is InChI=1S/C8H10BrNO2S.C8H10BrNS.C8H11NOS.C5H4INO/c1-6(2)13(11,12)7-3-4-8(9)10-5-7;1-6(2)11-7-3-4-8(9)10-5-7;1-6(2)11-7-3-4-8(10)9-5-7;6-4-1-2-5(8)7-3-4/h3-6H,1-2H3;3-6H,1-2H3;3-6H,1-2H3,(H,9,10);1-3H,(H,7,8). The lowest BCUT2D eigenvalue weighted by Gasteiger charge is -2.06. The number of hydrogen-bond acceptors (Lipinski definition) is 8. The van der Waals surface area contributed by atoms with Gasteiger partial charge in [-0.2, -0.15) is 0 Å². The van der Waals surface area contributed by atoms with Crippen LogP contribution in [0.3, 0.4) is 0 Å². The molecule has 0 spiro atoms. The lowest BCUT2D eigenvalue weighted by molar-refractivity contribution is 0.587. The van der Waals surface area contributed by atoms with Gasteiger partial charge in [0.2, 0.25) is 11.1 Å². The Balaban J connectivity index is 0.000000290. The van der Waals surface area contributed by atoms with E-state index in [2.05, 4.69) is 108 Å². The Bertz CT molecular complexity index is 1560. The molecule has 0 radical (unpaired) electrons. The van der Waals surface area contributed by atoms with Gasteiger partial charge in [-0.25, -0.2) is 18.4 Å². The Kier molecular flexibility index (Phi) is 18.9. The Morgan fingerprint density at radius 1 is 0.698 bits per heavy atom. The number of thioether (sulfide) groups is 2. The van der Waals surface area contributed by atoms with Crippen molar-refractivity contribution in [1.29, 1.82) is 0 Å². The molecule has 0 amide bonds. The molecule has 234 valence electrons. The zero-order valence-electron chi connectivity index (χ0n) is 24.5. The lowest BCUT2D eigenvalue weighted by atomic mass is 10.5. The first kappa shape index (κ1) is 39.6. The number of rotatable bonds is 6. The maximum atomic E-state index is 11.6. The van der Waals surface area contributed by atoms with Crippen LogP contribution in [0.2, 0.25) is 0 Å². The molecule has 0 saturated heterocycles. The zero-order valence-corrected chi connectivity index (χ0v) is 32.3. The third-order valence-electron chi connectivity index (χ3n) is 4.60. The normalized spacial score (nSPS) is 10.7. The maximum Gasteiger partial charge on any atom is 0.247 e. The Labute approximate surface area is 292 Å². The summed E-state index contributed by atoms with van der Waals surface area (Å²) in [7, 11) is -3.18. The molecule has 4 aromatic heterocycles. The van der Waals surface area contributed by atoms with E-state index in [1.807, 2.05) is 30.1 Å². The summed E-state index contributed by atoms with van der Waals surface area (Å²) in [6.07, 6.45) is 6.66. The first-order valence-electron chi connectivity index (χ1n) is 12.9. The minimum absolute atomic E-state index is 0.0434. The van der Waals surface area contributed by atoms with Crippen LogP contribution in [0.5, 0.6) is 0 Å². The van der Waals surface area contributed by atoms with Crippen LogP contribution >= 0.6 is 78.0 Å². The predicted molar refractivity (Wildman–Crippen MR) is 195 cm³/mol. The highest BCUT2D eigenvalue weighted by Gasteiger charge is 2.18. The van der Waals surface area contributed by atoms with Crippen LogP contribution in [0.4, 0.5) is 0 Å². The molecule has 0 fully saturated rings. The van der Waals surface area contributed by atoms with E-state index in [-0.39, 0.29) is 16.0 Å². The van der Waals surface area contributed by atoms with Gasteiger partial charge < -0.3 is 9.97 Å². The molecule has 4 heterocycles. The number of nitrogens with zero attached hydrogens (tertiary/aromatic N) is 2. The second kappa shape index (κ2) is 20.5. The van der Waals surface area contributed by atoms with E-state index in [0.29, 0.717) is 15.1 Å². The van der Waals surface area contributed by atoms with E-state index >= 15 is 0 Å². The fraction of sp³-hybridized carbons (Fsp3) is 0.310. The zero-order chi connectivity index (χ0) is 32.6. The molecule has 0 bridgehead atoms. The van der Waals surface area contributed by atoms with E-state index in [1.54, 1.807) is 62.3 Å². The van der Waals surface area contributed by atoms with Gasteiger partial charge in [0.05, 0.1) is 10.1 Å². The average Bonchev–Trinajstić information content (AvgIpc) is 2.94. The topological polar surface area (TPSA) is 126 Å². The number of H-pyrrole nitrogens is 2. The third kappa shape index (κ3) is 17.6. The summed E-state index contributed by atoms with van der Waals surface area (Å²) in [5.41, 5.74) is -0.0940. The van der Waals surface area contributed by atoms with Crippen molar-refractivity contribution in [1.82, 2.24) is 19.9 Å². The number of halogens is 3. The number of aromatic nitrogens is 4. The molecule has 0 aliphatic carbocycles. The number of hydrogen-bond donors (Lipinski definition) is 2. The molecule has 8 nitrogen and oxygen atoms in total. The van der Waals surface area contributed by atoms with Crippen molar-refractivity contribution in [3.05, 3.63) is 107 Å². The Morgan fingerprint density at radius 3 is 1.56 bits per heavy atom. The van der Waals surface area contributed by atoms with Gasteiger partial charge in [0.1, 0.15) is 9.21 Å². The summed E-state index contributed by atoms with van der Waals surface area (Å²) in [5.74, 6) is 0. The number of nitrogens with one attached hydrogen (secondary N) is 2. The van der Waals surface area contributed by atoms with Gasteiger partial charge >= 0.3 is 0 Å². The fourth-order valence-electron chi connectivity index (χ4n) is 2.64. The van der Waals surface area contributed by atoms with Crippen molar-refractivity contribution in [2.24, 2.45) is 0 Å². The molecule has 14 heteroatoms. The molecular weight excluding hydrogens is 851 g/mol. The van der Waals surface area contributed by atoms with Crippen molar-refractivity contribution in [3.8, 4) is 0 Å². The van der Waals surface area contributed by atoms with Crippen molar-refractivity contribution in [2.45, 2.75) is 72.0 Å². The van der Waals surface area contributed by atoms with Gasteiger partial charge in [0.15, 0.2) is 9.84 Å². The van der Waals surface area contributed by atoms with E-state index < -0.39 is 15.1 Å². The van der Waals surface area contributed by atoms with Crippen LogP contribution in [0.25, 0.3) is 0 Å². The van der Waals surface area contributed by atoms with Crippen LogP contribution < -0.4 is 11.1 Å². The highest BCUT2D eigenvalue weighted by molar-refractivity contribution is 14.1. The number of aromatic amines is 2. The van der Waals surface area contributed by atoms with Crippen LogP contribution in [0.1, 0.15) is 41.5 Å². The number of sulfone groups is 1. The molecular formula is C29H35Br2IN4O4S3. The second-order valence-corrected chi connectivity index (χ2v) is 18.0. The fourth-order valence-corrected chi connectivity index (χ4v) is 6.07. The van der Waals surface area contributed by atoms with Gasteiger partial charge in [-0.15, -0.1) is 23.5 Å². The van der Waals surface area contributed by atoms with Gasteiger partial charge in [-0.1, -0.05) is 27.7 Å². The molecule has 0 saturated carbocycles. The van der Waals surface area contributed by atoms with Crippen LogP contribution in [0.15, 0.2) is 107 Å². The summed E-state index contributed by atoms with van der Waals surface area (Å²) in [5, 5.41) is 0.773. The second-order valence-electron chi connectivity index (χ2n) is 9.32. The van der Waals surface area contributed by atoms with Crippen molar-refractivity contribution < 1.29 is 8.42 Å². The molecule has 0 aliphatic heterocycles. The van der Waals surface area contributed by atoms with E-state index in [1.165, 1.54) is 17.2 Å². The van der Waals surface area contributed by atoms with Gasteiger partial charge in [0, 0.05) is 60.8 Å². The van der Waals surface area contributed by atoms with Gasteiger partial charge in [0.25, 0.3) is 0 Å². The molecule has 4 aromatic rings. The van der Waals surface area contributed by atoms with Crippen molar-refractivity contribution >= 4 is 87.8 Å². The van der Waals surface area contributed by atoms with Crippen molar-refractivity contribution in [2.75, 3.05) is 0 Å². The van der Waals surface area contributed by atoms with Crippen LogP contribution in [-0.4, -0.2) is 44.1 Å². The highest BCUT2D eigenvalue weighted by Crippen LogP contribution is 2.22. The summed E-state index contributed by atoms with van der Waals surface area (Å²) in [4.78, 5) is 36.8. The van der Waals surface area contributed by atoms with Gasteiger partial charge in [-0.05, 0) is 105 Å². The number of pyridine rings is 4. The SMILES string of the molecule is CC(C)S(=O)(=O)c1ccc(Br)nc1.CC(C)Sc1ccc(=O)[nH]c1.CC(C)Sc1ccc(Br)nc1.O=c1ccc(I)c[nH]1. The van der Waals surface area contributed by atoms with Crippen molar-refractivity contribution in [3.63, 3.8) is 0 Å². The molecule has 2 N–H and O–H groups in total. The molecule has 0 unspecified atom stereocenters. The predicted octanol–water partition coefficient (Wildman–Crippen LogP) is 8.23. The summed E-state index contributed by atoms with van der Waals surface area (Å²) >= 11 is 12.1. The van der Waals surface area contributed by atoms with Crippen LogP contribution in [-0.2, 0) is 9.84 Å². The minimum atomic E-state index is -3.18. The first-order valence-corrected chi connectivity index (χ1v) is 18.9. The molecule has 0 aliphatic rings. The summed E-state index contributed by atoms with van der Waals surface area (Å²) < 4.78 is 25.7. The monoisotopic (exact) mass is 884 g/mol. The smallest absolute Gasteiger partial charge is 0.247 e. The Hall–Kier alpha value is -1.46. The lowest BCUT2D eigenvalue weighted by Crippen LogP contribution is -2.14. The molecule has 43 heavy (non-hydrogen) atoms. The summed E-state index contributed by atoms with van der Waals surface area (Å²) in [6, 6.07) is 13.9. The van der Waals surface area contributed by atoms with E-state index in [4.69, 9.17) is 0 Å². The van der Waals surface area contributed by atoms with Crippen LogP contribution in [0, 0.1) is 3.57 Å². The van der Waals surface area contributed by atoms with Gasteiger partial charge in [-0.3, -0.25) is 9.59 Å². The highest BCUT2D eigenvalue weighted by atomic mass is 127. The molecule has 0 aromatic carbocycles. The van der Waals surface area contributed by atoms with E-state index in [9.17, 15) is 18.0 Å². The largest absolute Gasteiger partial charge is 0.328 e.